The quantitative estimate of drug-likeness (QED) is 0.575. The van der Waals surface area contributed by atoms with Gasteiger partial charge in [-0.3, -0.25) is 19.4 Å². The minimum absolute atomic E-state index is 0.000133. The van der Waals surface area contributed by atoms with Crippen LogP contribution in [0.15, 0.2) is 22.9 Å². The Kier molecular flexibility index (Phi) is 4.31. The largest absolute Gasteiger partial charge is 0.292 e. The molecule has 8 heteroatoms. The smallest absolute Gasteiger partial charge is 0.239 e. The van der Waals surface area contributed by atoms with E-state index in [0.29, 0.717) is 21.8 Å². The zero-order valence-electron chi connectivity index (χ0n) is 10.7. The molecule has 2 saturated heterocycles. The summed E-state index contributed by atoms with van der Waals surface area (Å²) in [6.45, 7) is 5.56. The van der Waals surface area contributed by atoms with E-state index in [-0.39, 0.29) is 17.9 Å². The Balaban J connectivity index is 2.19. The van der Waals surface area contributed by atoms with Gasteiger partial charge in [0.2, 0.25) is 11.8 Å². The second kappa shape index (κ2) is 5.79. The van der Waals surface area contributed by atoms with Crippen molar-refractivity contribution in [3.63, 3.8) is 0 Å². The molecule has 2 amide bonds. The van der Waals surface area contributed by atoms with Crippen LogP contribution in [-0.4, -0.2) is 56.5 Å². The first-order chi connectivity index (χ1) is 9.04. The molecule has 0 aromatic carbocycles. The number of hydrogen-bond donors (Lipinski definition) is 0. The fourth-order valence-electron chi connectivity index (χ4n) is 1.56. The Morgan fingerprint density at radius 1 is 1.21 bits per heavy atom. The summed E-state index contributed by atoms with van der Waals surface area (Å²) in [5.74, 6) is 0.762. The summed E-state index contributed by atoms with van der Waals surface area (Å²) in [5.41, 5.74) is 0. The first-order valence-corrected chi connectivity index (χ1v) is 7.64. The summed E-state index contributed by atoms with van der Waals surface area (Å²) < 4.78 is 0. The number of rotatable bonds is 3. The lowest BCUT2D eigenvalue weighted by Crippen LogP contribution is -2.36. The van der Waals surface area contributed by atoms with Crippen molar-refractivity contribution < 1.29 is 9.59 Å². The van der Waals surface area contributed by atoms with Gasteiger partial charge in [0.25, 0.3) is 0 Å². The Morgan fingerprint density at radius 3 is 2.37 bits per heavy atom. The number of hydrogen-bond acceptors (Lipinski definition) is 6. The fraction of sp³-hybridized carbons (Fsp3) is 0.455. The van der Waals surface area contributed by atoms with E-state index in [9.17, 15) is 9.59 Å². The van der Waals surface area contributed by atoms with Crippen LogP contribution in [0.2, 0.25) is 0 Å². The standard InChI is InChI=1S/C11H14N4O2S2/c1-4-7(2)15-9(17)6-19-11(15)13-12-10-14(3)8(16)5-18-10/h4,7H,1,5-6H2,2-3H3/b12-10+,13-11+. The van der Waals surface area contributed by atoms with Crippen molar-refractivity contribution in [1.82, 2.24) is 9.80 Å². The summed E-state index contributed by atoms with van der Waals surface area (Å²) in [5, 5.41) is 9.28. The average molecular weight is 298 g/mol. The van der Waals surface area contributed by atoms with Crippen molar-refractivity contribution in [2.75, 3.05) is 18.6 Å². The summed E-state index contributed by atoms with van der Waals surface area (Å²) in [6, 6.07) is -0.114. The third-order valence-corrected chi connectivity index (χ3v) is 4.69. The second-order valence-corrected chi connectivity index (χ2v) is 5.92. The molecule has 2 rings (SSSR count). The van der Waals surface area contributed by atoms with Crippen LogP contribution in [0.1, 0.15) is 6.92 Å². The highest BCUT2D eigenvalue weighted by atomic mass is 32.2. The predicted molar refractivity (Wildman–Crippen MR) is 79.1 cm³/mol. The van der Waals surface area contributed by atoms with Gasteiger partial charge in [0.1, 0.15) is 0 Å². The van der Waals surface area contributed by atoms with Gasteiger partial charge in [0.15, 0.2) is 10.3 Å². The van der Waals surface area contributed by atoms with E-state index in [2.05, 4.69) is 16.8 Å². The highest BCUT2D eigenvalue weighted by Gasteiger charge is 2.31. The van der Waals surface area contributed by atoms with Crippen LogP contribution < -0.4 is 0 Å². The van der Waals surface area contributed by atoms with Gasteiger partial charge in [0, 0.05) is 7.05 Å². The van der Waals surface area contributed by atoms with Crippen LogP contribution >= 0.6 is 23.5 Å². The molecule has 0 N–H and O–H groups in total. The van der Waals surface area contributed by atoms with Crippen molar-refractivity contribution >= 4 is 45.7 Å². The predicted octanol–water partition coefficient (Wildman–Crippen LogP) is 0.969. The molecule has 19 heavy (non-hydrogen) atoms. The van der Waals surface area contributed by atoms with E-state index < -0.39 is 0 Å². The van der Waals surface area contributed by atoms with Crippen LogP contribution in [0.25, 0.3) is 0 Å². The van der Waals surface area contributed by atoms with Gasteiger partial charge < -0.3 is 0 Å². The molecule has 0 radical (unpaired) electrons. The topological polar surface area (TPSA) is 65.3 Å². The van der Waals surface area contributed by atoms with E-state index >= 15 is 0 Å². The van der Waals surface area contributed by atoms with E-state index in [1.54, 1.807) is 18.0 Å². The lowest BCUT2D eigenvalue weighted by atomic mass is 10.3. The third-order valence-electron chi connectivity index (χ3n) is 2.75. The number of nitrogens with zero attached hydrogens (tertiary/aromatic N) is 4. The van der Waals surface area contributed by atoms with Crippen LogP contribution in [0.3, 0.4) is 0 Å². The molecule has 6 nitrogen and oxygen atoms in total. The minimum Gasteiger partial charge on any atom is -0.292 e. The van der Waals surface area contributed by atoms with Gasteiger partial charge in [0.05, 0.1) is 17.5 Å². The van der Waals surface area contributed by atoms with E-state index in [4.69, 9.17) is 0 Å². The summed E-state index contributed by atoms with van der Waals surface area (Å²) in [4.78, 5) is 26.1. The molecular formula is C11H14N4O2S2. The Labute approximate surface area is 120 Å². The number of carbonyl (C=O) groups is 2. The molecule has 0 aromatic rings. The Morgan fingerprint density at radius 2 is 1.79 bits per heavy atom. The number of carbonyl (C=O) groups excluding carboxylic acids is 2. The first-order valence-electron chi connectivity index (χ1n) is 5.67. The molecule has 0 saturated carbocycles. The van der Waals surface area contributed by atoms with Gasteiger partial charge in [-0.1, -0.05) is 29.6 Å². The molecule has 0 bridgehead atoms. The van der Waals surface area contributed by atoms with E-state index in [0.717, 1.165) is 0 Å². The van der Waals surface area contributed by atoms with E-state index in [1.807, 2.05) is 6.92 Å². The highest BCUT2D eigenvalue weighted by Crippen LogP contribution is 2.23. The minimum atomic E-state index is -0.114. The lowest BCUT2D eigenvalue weighted by molar-refractivity contribution is -0.125. The molecular weight excluding hydrogens is 284 g/mol. The lowest BCUT2D eigenvalue weighted by Gasteiger charge is -2.20. The maximum atomic E-state index is 11.8. The summed E-state index contributed by atoms with van der Waals surface area (Å²) in [7, 11) is 1.67. The van der Waals surface area contributed by atoms with Crippen molar-refractivity contribution in [3.8, 4) is 0 Å². The second-order valence-electron chi connectivity index (χ2n) is 4.04. The summed E-state index contributed by atoms with van der Waals surface area (Å²) >= 11 is 2.69. The molecule has 1 atom stereocenters. The molecule has 0 aromatic heterocycles. The van der Waals surface area contributed by atoms with E-state index in [1.165, 1.54) is 28.4 Å². The number of thioether (sulfide) groups is 2. The van der Waals surface area contributed by atoms with Crippen molar-refractivity contribution in [3.05, 3.63) is 12.7 Å². The average Bonchev–Trinajstić information content (AvgIpc) is 2.92. The van der Waals surface area contributed by atoms with Gasteiger partial charge in [-0.15, -0.1) is 16.8 Å². The zero-order valence-corrected chi connectivity index (χ0v) is 12.3. The molecule has 102 valence electrons. The van der Waals surface area contributed by atoms with Crippen molar-refractivity contribution in [1.29, 1.82) is 0 Å². The normalized spacial score (nSPS) is 25.8. The van der Waals surface area contributed by atoms with Crippen LogP contribution in [0.5, 0.6) is 0 Å². The van der Waals surface area contributed by atoms with Gasteiger partial charge in [-0.25, -0.2) is 0 Å². The highest BCUT2D eigenvalue weighted by molar-refractivity contribution is 8.15. The first kappa shape index (κ1) is 14.1. The molecule has 2 aliphatic rings. The summed E-state index contributed by atoms with van der Waals surface area (Å²) in [6.07, 6.45) is 1.69. The van der Waals surface area contributed by atoms with Crippen molar-refractivity contribution in [2.45, 2.75) is 13.0 Å². The Bertz CT molecular complexity index is 489. The molecule has 0 aliphatic carbocycles. The van der Waals surface area contributed by atoms with Crippen LogP contribution in [0, 0.1) is 0 Å². The van der Waals surface area contributed by atoms with Gasteiger partial charge >= 0.3 is 0 Å². The van der Waals surface area contributed by atoms with Gasteiger partial charge in [-0.05, 0) is 6.92 Å². The SMILES string of the molecule is C=CC(C)N1C(=O)CS/C1=N/N=C1/SCC(=O)N1C. The maximum Gasteiger partial charge on any atom is 0.239 e. The fourth-order valence-corrected chi connectivity index (χ4v) is 3.30. The Hall–Kier alpha value is -1.28. The third kappa shape index (κ3) is 2.84. The van der Waals surface area contributed by atoms with Crippen LogP contribution in [0.4, 0.5) is 0 Å². The molecule has 2 aliphatic heterocycles. The molecule has 2 fully saturated rings. The molecule has 1 unspecified atom stereocenters. The maximum absolute atomic E-state index is 11.8. The molecule has 0 spiro atoms. The van der Waals surface area contributed by atoms with Gasteiger partial charge in [-0.2, -0.15) is 0 Å². The zero-order chi connectivity index (χ0) is 14.0. The molecule has 2 heterocycles. The van der Waals surface area contributed by atoms with Crippen LogP contribution in [-0.2, 0) is 9.59 Å². The number of amides is 2. The monoisotopic (exact) mass is 298 g/mol. The number of amidine groups is 2. The van der Waals surface area contributed by atoms with Crippen molar-refractivity contribution in [2.24, 2.45) is 10.2 Å².